The minimum Gasteiger partial charge on any atom is -0.338 e. The molecule has 0 spiro atoms. The van der Waals surface area contributed by atoms with Gasteiger partial charge in [0.05, 0.1) is 0 Å². The van der Waals surface area contributed by atoms with Gasteiger partial charge in [0.1, 0.15) is 5.82 Å². The molecule has 21 heavy (non-hydrogen) atoms. The van der Waals surface area contributed by atoms with Crippen LogP contribution in [-0.4, -0.2) is 16.1 Å². The molecule has 1 unspecified atom stereocenters. The van der Waals surface area contributed by atoms with E-state index >= 15 is 0 Å². The van der Waals surface area contributed by atoms with Crippen LogP contribution in [0.25, 0.3) is 0 Å². The van der Waals surface area contributed by atoms with Gasteiger partial charge in [-0.25, -0.2) is 4.98 Å². The maximum Gasteiger partial charge on any atom is 0.108 e. The zero-order valence-electron chi connectivity index (χ0n) is 13.1. The number of aromatic nitrogens is 2. The summed E-state index contributed by atoms with van der Waals surface area (Å²) in [5.74, 6) is 1.12. The Hall–Kier alpha value is -1.32. The van der Waals surface area contributed by atoms with Crippen molar-refractivity contribution in [2.75, 3.05) is 6.54 Å². The number of rotatable bonds is 7. The van der Waals surface area contributed by atoms with Crippen LogP contribution in [0.1, 0.15) is 42.8 Å². The molecule has 0 saturated heterocycles. The summed E-state index contributed by atoms with van der Waals surface area (Å²) in [5.41, 5.74) is 2.47. The molecule has 1 N–H and O–H groups in total. The molecule has 0 amide bonds. The minimum atomic E-state index is 0.320. The standard InChI is InChI=1S/C17H24ClN3/c1-4-10-19-16(8-9-17-20-11-12-21(17)3)14-6-5-7-15(18)13(14)2/h5-7,11-12,16,19H,4,8-10H2,1-3H3. The van der Waals surface area contributed by atoms with E-state index in [2.05, 4.69) is 34.8 Å². The normalized spacial score (nSPS) is 12.6. The number of nitrogens with one attached hydrogen (secondary N) is 1. The smallest absolute Gasteiger partial charge is 0.108 e. The summed E-state index contributed by atoms with van der Waals surface area (Å²) in [6.07, 6.45) is 6.95. The number of imidazole rings is 1. The Morgan fingerprint density at radius 1 is 1.38 bits per heavy atom. The molecule has 1 aromatic carbocycles. The van der Waals surface area contributed by atoms with Crippen molar-refractivity contribution in [3.05, 3.63) is 52.6 Å². The van der Waals surface area contributed by atoms with E-state index in [4.69, 9.17) is 11.6 Å². The van der Waals surface area contributed by atoms with Crippen molar-refractivity contribution in [2.24, 2.45) is 7.05 Å². The lowest BCUT2D eigenvalue weighted by Gasteiger charge is -2.21. The molecule has 1 heterocycles. The Morgan fingerprint density at radius 3 is 2.86 bits per heavy atom. The second-order valence-corrected chi connectivity index (χ2v) is 5.86. The van der Waals surface area contributed by atoms with Gasteiger partial charge in [-0.3, -0.25) is 0 Å². The second kappa shape index (κ2) is 7.62. The summed E-state index contributed by atoms with van der Waals surface area (Å²) in [5, 5.41) is 4.48. The molecule has 2 aromatic rings. The number of hydrogen-bond donors (Lipinski definition) is 1. The van der Waals surface area contributed by atoms with Crippen molar-refractivity contribution in [2.45, 2.75) is 39.2 Å². The topological polar surface area (TPSA) is 29.9 Å². The summed E-state index contributed by atoms with van der Waals surface area (Å²) in [6.45, 7) is 5.30. The fourth-order valence-electron chi connectivity index (χ4n) is 2.60. The summed E-state index contributed by atoms with van der Waals surface area (Å²) in [6, 6.07) is 6.48. The molecule has 0 saturated carbocycles. The Morgan fingerprint density at radius 2 is 2.19 bits per heavy atom. The first kappa shape index (κ1) is 16.1. The van der Waals surface area contributed by atoms with E-state index in [-0.39, 0.29) is 0 Å². The first-order chi connectivity index (χ1) is 10.1. The minimum absolute atomic E-state index is 0.320. The average molecular weight is 306 g/mol. The number of aryl methyl sites for hydroxylation is 2. The van der Waals surface area contributed by atoms with Gasteiger partial charge < -0.3 is 9.88 Å². The SMILES string of the molecule is CCCNC(CCc1nccn1C)c1cccc(Cl)c1C. The third-order valence-electron chi connectivity index (χ3n) is 3.90. The molecular weight excluding hydrogens is 282 g/mol. The van der Waals surface area contributed by atoms with E-state index in [1.807, 2.05) is 31.6 Å². The highest BCUT2D eigenvalue weighted by atomic mass is 35.5. The van der Waals surface area contributed by atoms with Crippen molar-refractivity contribution in [3.63, 3.8) is 0 Å². The van der Waals surface area contributed by atoms with Crippen molar-refractivity contribution in [3.8, 4) is 0 Å². The Kier molecular flexibility index (Phi) is 5.83. The summed E-state index contributed by atoms with van der Waals surface area (Å²) >= 11 is 6.27. The first-order valence-corrected chi connectivity index (χ1v) is 7.95. The first-order valence-electron chi connectivity index (χ1n) is 7.58. The summed E-state index contributed by atoms with van der Waals surface area (Å²) < 4.78 is 2.09. The number of benzene rings is 1. The van der Waals surface area contributed by atoms with Crippen molar-refractivity contribution in [1.82, 2.24) is 14.9 Å². The average Bonchev–Trinajstić information content (AvgIpc) is 2.88. The number of hydrogen-bond acceptors (Lipinski definition) is 2. The van der Waals surface area contributed by atoms with Gasteiger partial charge in [0.15, 0.2) is 0 Å². The molecule has 0 aliphatic rings. The van der Waals surface area contributed by atoms with E-state index in [1.165, 1.54) is 11.1 Å². The molecule has 4 heteroatoms. The van der Waals surface area contributed by atoms with Gasteiger partial charge >= 0.3 is 0 Å². The van der Waals surface area contributed by atoms with Gasteiger partial charge in [-0.05, 0) is 43.5 Å². The Balaban J connectivity index is 2.14. The molecule has 1 atom stereocenters. The van der Waals surface area contributed by atoms with Gasteiger partial charge in [-0.2, -0.15) is 0 Å². The molecule has 2 rings (SSSR count). The highest BCUT2D eigenvalue weighted by Gasteiger charge is 2.15. The molecule has 0 aliphatic carbocycles. The molecule has 3 nitrogen and oxygen atoms in total. The van der Waals surface area contributed by atoms with Crippen molar-refractivity contribution >= 4 is 11.6 Å². The van der Waals surface area contributed by atoms with Crippen LogP contribution in [0.15, 0.2) is 30.6 Å². The fourth-order valence-corrected chi connectivity index (χ4v) is 2.78. The maximum atomic E-state index is 6.27. The van der Waals surface area contributed by atoms with Crippen LogP contribution in [0.5, 0.6) is 0 Å². The van der Waals surface area contributed by atoms with Crippen molar-refractivity contribution in [1.29, 1.82) is 0 Å². The highest BCUT2D eigenvalue weighted by molar-refractivity contribution is 6.31. The van der Waals surface area contributed by atoms with Crippen LogP contribution in [0.4, 0.5) is 0 Å². The lowest BCUT2D eigenvalue weighted by molar-refractivity contribution is 0.489. The van der Waals surface area contributed by atoms with E-state index < -0.39 is 0 Å². The Bertz CT molecular complexity index is 577. The van der Waals surface area contributed by atoms with Crippen LogP contribution in [-0.2, 0) is 13.5 Å². The van der Waals surface area contributed by atoms with Crippen molar-refractivity contribution < 1.29 is 0 Å². The van der Waals surface area contributed by atoms with E-state index in [0.717, 1.165) is 36.7 Å². The lowest BCUT2D eigenvalue weighted by Crippen LogP contribution is -2.24. The third-order valence-corrected chi connectivity index (χ3v) is 4.31. The quantitative estimate of drug-likeness (QED) is 0.836. The predicted molar refractivity (Wildman–Crippen MR) is 88.8 cm³/mol. The largest absolute Gasteiger partial charge is 0.338 e. The maximum absolute atomic E-state index is 6.27. The number of halogens is 1. The van der Waals surface area contributed by atoms with E-state index in [0.29, 0.717) is 6.04 Å². The zero-order valence-corrected chi connectivity index (χ0v) is 13.8. The van der Waals surface area contributed by atoms with Crippen LogP contribution in [0, 0.1) is 6.92 Å². The molecule has 0 bridgehead atoms. The van der Waals surface area contributed by atoms with Crippen LogP contribution in [0.2, 0.25) is 5.02 Å². The lowest BCUT2D eigenvalue weighted by atomic mass is 9.97. The molecule has 1 aromatic heterocycles. The number of nitrogens with zero attached hydrogens (tertiary/aromatic N) is 2. The fraction of sp³-hybridized carbons (Fsp3) is 0.471. The third kappa shape index (κ3) is 4.08. The monoisotopic (exact) mass is 305 g/mol. The van der Waals surface area contributed by atoms with Crippen LogP contribution >= 0.6 is 11.6 Å². The van der Waals surface area contributed by atoms with E-state index in [9.17, 15) is 0 Å². The summed E-state index contributed by atoms with van der Waals surface area (Å²) in [7, 11) is 2.04. The van der Waals surface area contributed by atoms with Gasteiger partial charge in [0.25, 0.3) is 0 Å². The van der Waals surface area contributed by atoms with Gasteiger partial charge in [0, 0.05) is 36.9 Å². The van der Waals surface area contributed by atoms with Gasteiger partial charge in [-0.15, -0.1) is 0 Å². The molecule has 0 fully saturated rings. The van der Waals surface area contributed by atoms with Gasteiger partial charge in [0.2, 0.25) is 0 Å². The molecule has 0 radical (unpaired) electrons. The zero-order chi connectivity index (χ0) is 15.2. The second-order valence-electron chi connectivity index (χ2n) is 5.45. The van der Waals surface area contributed by atoms with E-state index in [1.54, 1.807) is 0 Å². The summed E-state index contributed by atoms with van der Waals surface area (Å²) in [4.78, 5) is 4.41. The Labute approximate surface area is 132 Å². The molecule has 114 valence electrons. The molecule has 0 aliphatic heterocycles. The molecular formula is C17H24ClN3. The highest BCUT2D eigenvalue weighted by Crippen LogP contribution is 2.27. The van der Waals surface area contributed by atoms with Crippen LogP contribution in [0.3, 0.4) is 0 Å². The van der Waals surface area contributed by atoms with Gasteiger partial charge in [-0.1, -0.05) is 30.7 Å². The predicted octanol–water partition coefficient (Wildman–Crippen LogP) is 4.06. The van der Waals surface area contributed by atoms with Crippen LogP contribution < -0.4 is 5.32 Å².